The van der Waals surface area contributed by atoms with Gasteiger partial charge in [-0.25, -0.2) is 0 Å². The highest BCUT2D eigenvalue weighted by Gasteiger charge is 2.37. The van der Waals surface area contributed by atoms with Gasteiger partial charge in [0, 0.05) is 9.79 Å². The van der Waals surface area contributed by atoms with E-state index in [1.165, 1.54) is 13.8 Å². The van der Waals surface area contributed by atoms with E-state index in [-0.39, 0.29) is 22.9 Å². The lowest BCUT2D eigenvalue weighted by Crippen LogP contribution is -2.09. The smallest absolute Gasteiger partial charge is 0.417 e. The highest BCUT2D eigenvalue weighted by molar-refractivity contribution is 7.99. The lowest BCUT2D eigenvalue weighted by molar-refractivity contribution is -0.140. The molecule has 136 valence electrons. The fourth-order valence-electron chi connectivity index (χ4n) is 2.09. The number of aryl methyl sites for hydroxylation is 2. The van der Waals surface area contributed by atoms with Crippen LogP contribution in [-0.2, 0) is 12.4 Å². The molecule has 25 heavy (non-hydrogen) atoms. The molecule has 2 rings (SSSR count). The second-order valence-corrected chi connectivity index (χ2v) is 6.45. The minimum absolute atomic E-state index is 0.0560. The van der Waals surface area contributed by atoms with E-state index in [0.29, 0.717) is 12.1 Å². The zero-order valence-electron chi connectivity index (χ0n) is 12.9. The molecule has 0 amide bonds. The molecule has 0 heterocycles. The van der Waals surface area contributed by atoms with Gasteiger partial charge in [-0.2, -0.15) is 26.3 Å². The Hall–Kier alpha value is -2.03. The number of phenols is 2. The molecule has 0 bridgehead atoms. The molecule has 0 fully saturated rings. The summed E-state index contributed by atoms with van der Waals surface area (Å²) in [5, 5.41) is 19.3. The first-order chi connectivity index (χ1) is 11.3. The van der Waals surface area contributed by atoms with Gasteiger partial charge in [0.05, 0.1) is 11.1 Å². The molecular formula is C16H12F6O2S. The maximum atomic E-state index is 13.2. The normalized spacial score (nSPS) is 12.5. The van der Waals surface area contributed by atoms with E-state index in [1.807, 2.05) is 0 Å². The van der Waals surface area contributed by atoms with E-state index >= 15 is 0 Å². The van der Waals surface area contributed by atoms with Crippen molar-refractivity contribution in [2.24, 2.45) is 0 Å². The van der Waals surface area contributed by atoms with Crippen LogP contribution in [0.5, 0.6) is 11.5 Å². The van der Waals surface area contributed by atoms with E-state index in [2.05, 4.69) is 0 Å². The summed E-state index contributed by atoms with van der Waals surface area (Å²) >= 11 is 0.180. The maximum absolute atomic E-state index is 13.2. The molecule has 2 aromatic carbocycles. The van der Waals surface area contributed by atoms with Crippen LogP contribution in [0.15, 0.2) is 34.1 Å². The molecule has 9 heteroatoms. The van der Waals surface area contributed by atoms with Crippen molar-refractivity contribution in [3.63, 3.8) is 0 Å². The van der Waals surface area contributed by atoms with Crippen LogP contribution in [0.1, 0.15) is 22.3 Å². The first-order valence-corrected chi connectivity index (χ1v) is 7.62. The molecule has 0 unspecified atom stereocenters. The van der Waals surface area contributed by atoms with Crippen LogP contribution in [0, 0.1) is 13.8 Å². The summed E-state index contributed by atoms with van der Waals surface area (Å²) in [6.07, 6.45) is -9.63. The molecule has 0 spiro atoms. The Morgan fingerprint density at radius 2 is 1.00 bits per heavy atom. The number of phenolic OH excluding ortho intramolecular Hbond substituents is 2. The molecular weight excluding hydrogens is 370 g/mol. The third kappa shape index (κ3) is 4.15. The number of alkyl halides is 6. The standard InChI is InChI=1S/C16H12F6O2S/c1-7-3-9(15(17,18)19)13(5-11(7)23)25-14-6-12(24)8(2)4-10(14)16(20,21)22/h3-6,23-24H,1-2H3. The van der Waals surface area contributed by atoms with Crippen molar-refractivity contribution < 1.29 is 36.6 Å². The third-order valence-corrected chi connectivity index (χ3v) is 4.54. The van der Waals surface area contributed by atoms with Gasteiger partial charge in [0.15, 0.2) is 0 Å². The number of rotatable bonds is 2. The van der Waals surface area contributed by atoms with Crippen LogP contribution < -0.4 is 0 Å². The highest BCUT2D eigenvalue weighted by atomic mass is 32.2. The SMILES string of the molecule is Cc1cc(C(F)(F)F)c(Sc2cc(O)c(C)cc2C(F)(F)F)cc1O. The van der Waals surface area contributed by atoms with Crippen molar-refractivity contribution in [1.29, 1.82) is 0 Å². The van der Waals surface area contributed by atoms with Gasteiger partial charge in [0.2, 0.25) is 0 Å². The second kappa shape index (κ2) is 6.36. The van der Waals surface area contributed by atoms with Gasteiger partial charge < -0.3 is 10.2 Å². The fourth-order valence-corrected chi connectivity index (χ4v) is 3.23. The largest absolute Gasteiger partial charge is 0.508 e. The number of benzene rings is 2. The topological polar surface area (TPSA) is 40.5 Å². The van der Waals surface area contributed by atoms with E-state index in [0.717, 1.165) is 12.1 Å². The molecule has 2 aromatic rings. The van der Waals surface area contributed by atoms with Crippen molar-refractivity contribution in [3.05, 3.63) is 46.5 Å². The number of hydrogen-bond donors (Lipinski definition) is 2. The van der Waals surface area contributed by atoms with Crippen molar-refractivity contribution in [2.45, 2.75) is 36.0 Å². The minimum Gasteiger partial charge on any atom is -0.508 e. The number of hydrogen-bond acceptors (Lipinski definition) is 3. The average molecular weight is 382 g/mol. The van der Waals surface area contributed by atoms with Crippen LogP contribution in [0.3, 0.4) is 0 Å². The Bertz CT molecular complexity index is 744. The predicted molar refractivity (Wildman–Crippen MR) is 79.8 cm³/mol. The van der Waals surface area contributed by atoms with Gasteiger partial charge in [0.1, 0.15) is 11.5 Å². The second-order valence-electron chi connectivity index (χ2n) is 5.37. The van der Waals surface area contributed by atoms with E-state index in [9.17, 15) is 36.6 Å². The first kappa shape index (κ1) is 19.3. The highest BCUT2D eigenvalue weighted by Crippen LogP contribution is 2.46. The molecule has 0 saturated heterocycles. The van der Waals surface area contributed by atoms with Gasteiger partial charge in [-0.05, 0) is 49.2 Å². The van der Waals surface area contributed by atoms with Crippen LogP contribution >= 0.6 is 11.8 Å². The third-order valence-electron chi connectivity index (χ3n) is 3.43. The van der Waals surface area contributed by atoms with Crippen molar-refractivity contribution >= 4 is 11.8 Å². The molecule has 2 nitrogen and oxygen atoms in total. The van der Waals surface area contributed by atoms with Crippen molar-refractivity contribution in [3.8, 4) is 11.5 Å². The Labute approximate surface area is 143 Å². The summed E-state index contributed by atoms with van der Waals surface area (Å²) < 4.78 is 79.0. The van der Waals surface area contributed by atoms with Crippen molar-refractivity contribution in [1.82, 2.24) is 0 Å². The Morgan fingerprint density at radius 1 is 0.680 bits per heavy atom. The van der Waals surface area contributed by atoms with Crippen LogP contribution in [0.25, 0.3) is 0 Å². The van der Waals surface area contributed by atoms with E-state index in [4.69, 9.17) is 0 Å². The zero-order valence-corrected chi connectivity index (χ0v) is 13.7. The van der Waals surface area contributed by atoms with Gasteiger partial charge in [-0.1, -0.05) is 11.8 Å². The number of aromatic hydroxyl groups is 2. The van der Waals surface area contributed by atoms with E-state index < -0.39 is 44.8 Å². The lowest BCUT2D eigenvalue weighted by atomic mass is 10.1. The summed E-state index contributed by atoms with van der Waals surface area (Å²) in [5.74, 6) is -0.944. The van der Waals surface area contributed by atoms with Gasteiger partial charge in [0.25, 0.3) is 0 Å². The monoisotopic (exact) mass is 382 g/mol. The Morgan fingerprint density at radius 3 is 1.28 bits per heavy atom. The summed E-state index contributed by atoms with van der Waals surface area (Å²) in [7, 11) is 0. The molecule has 0 aliphatic carbocycles. The summed E-state index contributed by atoms with van der Waals surface area (Å²) in [6, 6.07) is 2.86. The fraction of sp³-hybridized carbons (Fsp3) is 0.250. The van der Waals surface area contributed by atoms with Gasteiger partial charge >= 0.3 is 12.4 Å². The first-order valence-electron chi connectivity index (χ1n) is 6.80. The molecule has 0 atom stereocenters. The van der Waals surface area contributed by atoms with Gasteiger partial charge in [-0.15, -0.1) is 0 Å². The molecule has 0 aliphatic heterocycles. The molecule has 0 aromatic heterocycles. The molecule has 0 aliphatic rings. The van der Waals surface area contributed by atoms with Crippen LogP contribution in [0.4, 0.5) is 26.3 Å². The lowest BCUT2D eigenvalue weighted by Gasteiger charge is -2.18. The molecule has 0 radical (unpaired) electrons. The van der Waals surface area contributed by atoms with Crippen molar-refractivity contribution in [2.75, 3.05) is 0 Å². The Balaban J connectivity index is 2.65. The predicted octanol–water partition coefficient (Wildman–Crippen LogP) is 5.90. The molecule has 2 N–H and O–H groups in total. The van der Waals surface area contributed by atoms with Crippen LogP contribution in [-0.4, -0.2) is 10.2 Å². The van der Waals surface area contributed by atoms with Crippen LogP contribution in [0.2, 0.25) is 0 Å². The molecule has 0 saturated carbocycles. The Kier molecular flexibility index (Phi) is 4.91. The zero-order chi connectivity index (χ0) is 19.2. The maximum Gasteiger partial charge on any atom is 0.417 e. The van der Waals surface area contributed by atoms with E-state index in [1.54, 1.807) is 0 Å². The number of halogens is 6. The summed E-state index contributed by atoms with van der Waals surface area (Å²) in [6.45, 7) is 2.50. The summed E-state index contributed by atoms with van der Waals surface area (Å²) in [4.78, 5) is -1.19. The minimum atomic E-state index is -4.81. The quantitative estimate of drug-likeness (QED) is 0.635. The average Bonchev–Trinajstić information content (AvgIpc) is 2.43. The van der Waals surface area contributed by atoms with Gasteiger partial charge in [-0.3, -0.25) is 0 Å². The summed E-state index contributed by atoms with van der Waals surface area (Å²) in [5.41, 5.74) is -2.44.